The lowest BCUT2D eigenvalue weighted by atomic mass is 10.0. The molecule has 0 radical (unpaired) electrons. The highest BCUT2D eigenvalue weighted by atomic mass is 32.1. The number of thiophene rings is 1. The van der Waals surface area contributed by atoms with Crippen molar-refractivity contribution in [1.82, 2.24) is 5.32 Å². The molecule has 0 aromatic carbocycles. The molecule has 0 aliphatic rings. The molecule has 1 aromatic heterocycles. The van der Waals surface area contributed by atoms with Gasteiger partial charge in [-0.2, -0.15) is 0 Å². The van der Waals surface area contributed by atoms with Gasteiger partial charge in [-0.05, 0) is 24.3 Å². The molecule has 0 amide bonds. The molecule has 17 heavy (non-hydrogen) atoms. The first-order valence-electron chi connectivity index (χ1n) is 5.95. The van der Waals surface area contributed by atoms with Crippen molar-refractivity contribution in [3.8, 4) is 0 Å². The fraction of sp³-hybridized carbons (Fsp3) is 0.692. The maximum absolute atomic E-state index is 5.28. The molecule has 0 aliphatic carbocycles. The molecular formula is C13H23NO2S. The van der Waals surface area contributed by atoms with Gasteiger partial charge in [0.25, 0.3) is 0 Å². The number of hydrogen-bond donors (Lipinski definition) is 1. The van der Waals surface area contributed by atoms with Crippen molar-refractivity contribution in [1.29, 1.82) is 0 Å². The van der Waals surface area contributed by atoms with E-state index in [1.807, 2.05) is 0 Å². The fourth-order valence-electron chi connectivity index (χ4n) is 1.94. The van der Waals surface area contributed by atoms with E-state index in [0.717, 1.165) is 0 Å². The second-order valence-electron chi connectivity index (χ2n) is 4.53. The molecular weight excluding hydrogens is 234 g/mol. The molecule has 1 rings (SSSR count). The van der Waals surface area contributed by atoms with Crippen LogP contribution in [0, 0.1) is 5.92 Å². The smallest absolute Gasteiger partial charge is 0.171 e. The van der Waals surface area contributed by atoms with E-state index in [-0.39, 0.29) is 12.3 Å². The van der Waals surface area contributed by atoms with Crippen molar-refractivity contribution in [2.45, 2.75) is 39.1 Å². The maximum Gasteiger partial charge on any atom is 0.171 e. The number of ether oxygens (including phenoxy) is 2. The highest BCUT2D eigenvalue weighted by molar-refractivity contribution is 7.10. The van der Waals surface area contributed by atoms with Crippen molar-refractivity contribution in [2.75, 3.05) is 14.2 Å². The monoisotopic (exact) mass is 257 g/mol. The maximum atomic E-state index is 5.28. The van der Waals surface area contributed by atoms with E-state index in [1.54, 1.807) is 25.6 Å². The highest BCUT2D eigenvalue weighted by Crippen LogP contribution is 2.26. The van der Waals surface area contributed by atoms with Crippen LogP contribution in [0.15, 0.2) is 17.5 Å². The third kappa shape index (κ3) is 4.07. The minimum atomic E-state index is -0.212. The normalized spacial score (nSPS) is 15.5. The lowest BCUT2D eigenvalue weighted by Crippen LogP contribution is -2.42. The average molecular weight is 257 g/mol. The van der Waals surface area contributed by atoms with Crippen LogP contribution in [-0.4, -0.2) is 26.6 Å². The molecule has 1 heterocycles. The Morgan fingerprint density at radius 2 is 1.82 bits per heavy atom. The molecule has 0 bridgehead atoms. The predicted octanol–water partition coefficient (Wildman–Crippen LogP) is 3.04. The lowest BCUT2D eigenvalue weighted by molar-refractivity contribution is -0.121. The zero-order valence-electron chi connectivity index (χ0n) is 11.3. The Morgan fingerprint density at radius 1 is 1.18 bits per heavy atom. The van der Waals surface area contributed by atoms with Gasteiger partial charge in [0.2, 0.25) is 0 Å². The van der Waals surface area contributed by atoms with Crippen molar-refractivity contribution in [3.63, 3.8) is 0 Å². The van der Waals surface area contributed by atoms with E-state index >= 15 is 0 Å². The Bertz CT molecular complexity index is 296. The summed E-state index contributed by atoms with van der Waals surface area (Å²) in [7, 11) is 3.34. The summed E-state index contributed by atoms with van der Waals surface area (Å²) in [6, 6.07) is 4.76. The first-order chi connectivity index (χ1) is 8.10. The third-order valence-corrected chi connectivity index (χ3v) is 3.79. The summed E-state index contributed by atoms with van der Waals surface area (Å²) in [5, 5.41) is 5.69. The third-order valence-electron chi connectivity index (χ3n) is 2.83. The molecule has 1 N–H and O–H groups in total. The van der Waals surface area contributed by atoms with Crippen LogP contribution in [0.25, 0.3) is 0 Å². The molecule has 0 saturated heterocycles. The molecule has 1 aromatic rings. The van der Waals surface area contributed by atoms with Crippen LogP contribution in [0.1, 0.15) is 31.7 Å². The van der Waals surface area contributed by atoms with Crippen LogP contribution in [-0.2, 0) is 9.47 Å². The van der Waals surface area contributed by atoms with Crippen LogP contribution < -0.4 is 5.32 Å². The van der Waals surface area contributed by atoms with Gasteiger partial charge in [-0.25, -0.2) is 0 Å². The molecule has 4 heteroatoms. The summed E-state index contributed by atoms with van der Waals surface area (Å²) in [4.78, 5) is 1.36. The van der Waals surface area contributed by atoms with Crippen LogP contribution in [0.3, 0.4) is 0 Å². The van der Waals surface area contributed by atoms with E-state index in [2.05, 4.69) is 43.6 Å². The van der Waals surface area contributed by atoms with E-state index in [4.69, 9.17) is 9.47 Å². The highest BCUT2D eigenvalue weighted by Gasteiger charge is 2.23. The average Bonchev–Trinajstić information content (AvgIpc) is 2.80. The van der Waals surface area contributed by atoms with E-state index in [0.29, 0.717) is 12.0 Å². The van der Waals surface area contributed by atoms with Gasteiger partial charge in [0.15, 0.2) is 6.29 Å². The van der Waals surface area contributed by atoms with Crippen molar-refractivity contribution in [2.24, 2.45) is 5.92 Å². The van der Waals surface area contributed by atoms with Gasteiger partial charge in [0.1, 0.15) is 0 Å². The second kappa shape index (κ2) is 7.11. The molecule has 0 spiro atoms. The molecule has 0 saturated carbocycles. The van der Waals surface area contributed by atoms with Crippen molar-refractivity contribution >= 4 is 11.3 Å². The Morgan fingerprint density at radius 3 is 2.24 bits per heavy atom. The molecule has 0 fully saturated rings. The molecule has 2 atom stereocenters. The minimum Gasteiger partial charge on any atom is -0.354 e. The SMILES string of the molecule is COC(OC)C(C)NC(c1cccs1)C(C)C. The molecule has 98 valence electrons. The quantitative estimate of drug-likeness (QED) is 0.762. The Labute approximate surface area is 108 Å². The van der Waals surface area contributed by atoms with Gasteiger partial charge >= 0.3 is 0 Å². The Kier molecular flexibility index (Phi) is 6.12. The zero-order chi connectivity index (χ0) is 12.8. The molecule has 3 nitrogen and oxygen atoms in total. The summed E-state index contributed by atoms with van der Waals surface area (Å²) in [5.74, 6) is 0.533. The van der Waals surface area contributed by atoms with Crippen molar-refractivity contribution in [3.05, 3.63) is 22.4 Å². The predicted molar refractivity (Wildman–Crippen MR) is 72.3 cm³/mol. The van der Waals surface area contributed by atoms with Gasteiger partial charge in [-0.3, -0.25) is 0 Å². The van der Waals surface area contributed by atoms with Gasteiger partial charge < -0.3 is 14.8 Å². The first-order valence-corrected chi connectivity index (χ1v) is 6.83. The number of hydrogen-bond acceptors (Lipinski definition) is 4. The largest absolute Gasteiger partial charge is 0.354 e. The van der Waals surface area contributed by atoms with E-state index < -0.39 is 0 Å². The van der Waals surface area contributed by atoms with Gasteiger partial charge in [-0.15, -0.1) is 11.3 Å². The first kappa shape index (κ1) is 14.6. The topological polar surface area (TPSA) is 30.5 Å². The number of nitrogens with one attached hydrogen (secondary N) is 1. The van der Waals surface area contributed by atoms with Crippen LogP contribution in [0.4, 0.5) is 0 Å². The minimum absolute atomic E-state index is 0.152. The van der Waals surface area contributed by atoms with Gasteiger partial charge in [-0.1, -0.05) is 19.9 Å². The summed E-state index contributed by atoms with van der Waals surface area (Å²) in [5.41, 5.74) is 0. The summed E-state index contributed by atoms with van der Waals surface area (Å²) >= 11 is 1.78. The second-order valence-corrected chi connectivity index (χ2v) is 5.51. The van der Waals surface area contributed by atoms with E-state index in [1.165, 1.54) is 4.88 Å². The van der Waals surface area contributed by atoms with Gasteiger partial charge in [0.05, 0.1) is 6.04 Å². The lowest BCUT2D eigenvalue weighted by Gasteiger charge is -2.29. The Hall–Kier alpha value is -0.420. The fourth-order valence-corrected chi connectivity index (χ4v) is 2.90. The summed E-state index contributed by atoms with van der Waals surface area (Å²) < 4.78 is 10.6. The van der Waals surface area contributed by atoms with Crippen LogP contribution in [0.2, 0.25) is 0 Å². The Balaban J connectivity index is 2.68. The van der Waals surface area contributed by atoms with Gasteiger partial charge in [0, 0.05) is 25.1 Å². The summed E-state index contributed by atoms with van der Waals surface area (Å²) in [6.07, 6.45) is -0.212. The number of rotatable bonds is 7. The van der Waals surface area contributed by atoms with Crippen molar-refractivity contribution < 1.29 is 9.47 Å². The molecule has 2 unspecified atom stereocenters. The summed E-state index contributed by atoms with van der Waals surface area (Å²) in [6.45, 7) is 6.53. The van der Waals surface area contributed by atoms with Crippen LogP contribution in [0.5, 0.6) is 0 Å². The zero-order valence-corrected chi connectivity index (χ0v) is 12.1. The standard InChI is InChI=1S/C13H23NO2S/c1-9(2)12(11-7-6-8-17-11)14-10(3)13(15-4)16-5/h6-10,12-14H,1-5H3. The number of methoxy groups -OCH3 is 2. The molecule has 0 aliphatic heterocycles. The van der Waals surface area contributed by atoms with E-state index in [9.17, 15) is 0 Å². The van der Waals surface area contributed by atoms with Crippen LogP contribution >= 0.6 is 11.3 Å².